The Kier molecular flexibility index (Phi) is 3.31. The molecule has 0 saturated carbocycles. The molecule has 1 aromatic rings. The number of aliphatic carboxylic acids is 1. The maximum absolute atomic E-state index is 12.3. The number of fused-ring (bicyclic) bond motifs is 1. The van der Waals surface area contributed by atoms with Gasteiger partial charge < -0.3 is 10.8 Å². The summed E-state index contributed by atoms with van der Waals surface area (Å²) in [5.41, 5.74) is 6.58. The largest absolute Gasteiger partial charge is 0.480 e. The van der Waals surface area contributed by atoms with Crippen LogP contribution >= 0.6 is 0 Å². The van der Waals surface area contributed by atoms with Gasteiger partial charge in [0.1, 0.15) is 6.04 Å². The Hall–Kier alpha value is -2.27. The van der Waals surface area contributed by atoms with Crippen molar-refractivity contribution < 1.29 is 19.5 Å². The smallest absolute Gasteiger partial charge is 0.320 e. The number of ketones is 2. The molecule has 1 aromatic carbocycles. The zero-order valence-electron chi connectivity index (χ0n) is 10.3. The van der Waals surface area contributed by atoms with E-state index >= 15 is 0 Å². The van der Waals surface area contributed by atoms with Crippen molar-refractivity contribution in [1.29, 1.82) is 0 Å². The molecule has 19 heavy (non-hydrogen) atoms. The van der Waals surface area contributed by atoms with E-state index in [-0.39, 0.29) is 29.1 Å². The lowest BCUT2D eigenvalue weighted by Gasteiger charge is -2.20. The number of carbonyl (C=O) groups excluding carboxylic acids is 2. The van der Waals surface area contributed by atoms with Crippen molar-refractivity contribution in [2.24, 2.45) is 5.73 Å². The molecule has 3 N–H and O–H groups in total. The van der Waals surface area contributed by atoms with Gasteiger partial charge in [-0.15, -0.1) is 0 Å². The molecular weight excluding hydrogens is 246 g/mol. The third-order valence-corrected chi connectivity index (χ3v) is 3.22. The number of carboxylic acids is 1. The van der Waals surface area contributed by atoms with Crippen molar-refractivity contribution >= 4 is 17.5 Å². The molecule has 1 unspecified atom stereocenters. The van der Waals surface area contributed by atoms with Gasteiger partial charge in [0.2, 0.25) is 0 Å². The average molecular weight is 259 g/mol. The highest BCUT2D eigenvalue weighted by molar-refractivity contribution is 6.26. The van der Waals surface area contributed by atoms with Crippen LogP contribution < -0.4 is 5.73 Å². The number of benzene rings is 1. The number of nitrogens with two attached hydrogens (primary N) is 1. The summed E-state index contributed by atoms with van der Waals surface area (Å²) in [5, 5.41) is 8.80. The second-order valence-corrected chi connectivity index (χ2v) is 4.46. The van der Waals surface area contributed by atoms with Crippen LogP contribution in [0.25, 0.3) is 0 Å². The van der Waals surface area contributed by atoms with Crippen LogP contribution in [0, 0.1) is 0 Å². The number of hydrogen-bond acceptors (Lipinski definition) is 4. The van der Waals surface area contributed by atoms with Crippen LogP contribution in [0.2, 0.25) is 0 Å². The van der Waals surface area contributed by atoms with Crippen molar-refractivity contribution in [2.45, 2.75) is 19.4 Å². The molecule has 0 aliphatic heterocycles. The van der Waals surface area contributed by atoms with Gasteiger partial charge >= 0.3 is 5.97 Å². The molecule has 1 atom stereocenters. The van der Waals surface area contributed by atoms with Crippen molar-refractivity contribution in [3.8, 4) is 0 Å². The van der Waals surface area contributed by atoms with Gasteiger partial charge in [0, 0.05) is 28.7 Å². The zero-order chi connectivity index (χ0) is 14.2. The number of hydrogen-bond donors (Lipinski definition) is 2. The van der Waals surface area contributed by atoms with Gasteiger partial charge in [0.05, 0.1) is 0 Å². The van der Waals surface area contributed by atoms with Crippen LogP contribution in [0.4, 0.5) is 0 Å². The van der Waals surface area contributed by atoms with Crippen molar-refractivity contribution in [2.75, 3.05) is 0 Å². The summed E-state index contributed by atoms with van der Waals surface area (Å²) in [6.45, 7) is 1.53. The summed E-state index contributed by atoms with van der Waals surface area (Å²) < 4.78 is 0. The standard InChI is InChI=1S/C14H13NO4/c1-7-10(6-11(15)14(18)19)13(17)9-5-3-2-4-8(9)12(7)16/h2-5,11H,6,15H2,1H3,(H,18,19). The first-order valence-corrected chi connectivity index (χ1v) is 5.80. The van der Waals surface area contributed by atoms with Crippen molar-refractivity contribution in [1.82, 2.24) is 0 Å². The first-order chi connectivity index (χ1) is 8.93. The molecule has 0 amide bonds. The van der Waals surface area contributed by atoms with Crippen LogP contribution in [-0.4, -0.2) is 28.7 Å². The van der Waals surface area contributed by atoms with E-state index in [0.29, 0.717) is 11.1 Å². The first kappa shape index (κ1) is 13.2. The molecule has 0 heterocycles. The Morgan fingerprint density at radius 1 is 1.21 bits per heavy atom. The van der Waals surface area contributed by atoms with Gasteiger partial charge in [-0.05, 0) is 6.92 Å². The molecule has 0 spiro atoms. The number of allylic oxidation sites excluding steroid dienone is 1. The van der Waals surface area contributed by atoms with Crippen LogP contribution in [0.5, 0.6) is 0 Å². The molecule has 5 nitrogen and oxygen atoms in total. The molecule has 0 radical (unpaired) electrons. The van der Waals surface area contributed by atoms with Crippen LogP contribution in [0.1, 0.15) is 34.1 Å². The predicted molar refractivity (Wildman–Crippen MR) is 68.0 cm³/mol. The van der Waals surface area contributed by atoms with Crippen molar-refractivity contribution in [3.05, 3.63) is 46.5 Å². The Balaban J connectivity index is 2.46. The predicted octanol–water partition coefficient (Wildman–Crippen LogP) is 1.18. The van der Waals surface area contributed by atoms with E-state index in [9.17, 15) is 14.4 Å². The molecule has 2 rings (SSSR count). The SMILES string of the molecule is CC1=C(CC(N)C(=O)O)C(=O)c2ccccc2C1=O. The monoisotopic (exact) mass is 259 g/mol. The van der Waals surface area contributed by atoms with Gasteiger partial charge in [-0.2, -0.15) is 0 Å². The number of Topliss-reactive ketones (excluding diaryl/α,β-unsaturated/α-hetero) is 2. The molecule has 0 saturated heterocycles. The van der Waals surface area contributed by atoms with E-state index in [2.05, 4.69) is 0 Å². The Morgan fingerprint density at radius 3 is 2.26 bits per heavy atom. The minimum Gasteiger partial charge on any atom is -0.480 e. The molecule has 0 fully saturated rings. The van der Waals surface area contributed by atoms with E-state index in [1.807, 2.05) is 0 Å². The van der Waals surface area contributed by atoms with Crippen LogP contribution in [0.3, 0.4) is 0 Å². The minimum absolute atomic E-state index is 0.139. The fourth-order valence-electron chi connectivity index (χ4n) is 2.10. The Bertz CT molecular complexity index is 616. The van der Waals surface area contributed by atoms with Gasteiger partial charge in [-0.3, -0.25) is 14.4 Å². The van der Waals surface area contributed by atoms with Gasteiger partial charge in [-0.1, -0.05) is 24.3 Å². The summed E-state index contributed by atoms with van der Waals surface area (Å²) in [5.74, 6) is -1.76. The summed E-state index contributed by atoms with van der Waals surface area (Å²) in [7, 11) is 0. The normalized spacial score (nSPS) is 16.3. The number of rotatable bonds is 3. The lowest BCUT2D eigenvalue weighted by molar-refractivity contribution is -0.138. The van der Waals surface area contributed by atoms with E-state index in [4.69, 9.17) is 10.8 Å². The fraction of sp³-hybridized carbons (Fsp3) is 0.214. The molecule has 98 valence electrons. The highest BCUT2D eigenvalue weighted by Gasteiger charge is 2.31. The van der Waals surface area contributed by atoms with Crippen LogP contribution in [0.15, 0.2) is 35.4 Å². The second-order valence-electron chi connectivity index (χ2n) is 4.46. The second kappa shape index (κ2) is 4.78. The van der Waals surface area contributed by atoms with Crippen molar-refractivity contribution in [3.63, 3.8) is 0 Å². The van der Waals surface area contributed by atoms with E-state index in [1.54, 1.807) is 24.3 Å². The fourth-order valence-corrected chi connectivity index (χ4v) is 2.10. The van der Waals surface area contributed by atoms with E-state index < -0.39 is 12.0 Å². The van der Waals surface area contributed by atoms with Gasteiger partial charge in [0.15, 0.2) is 11.6 Å². The van der Waals surface area contributed by atoms with Crippen LogP contribution in [-0.2, 0) is 4.79 Å². The van der Waals surface area contributed by atoms with Gasteiger partial charge in [-0.25, -0.2) is 0 Å². The maximum Gasteiger partial charge on any atom is 0.320 e. The highest BCUT2D eigenvalue weighted by Crippen LogP contribution is 2.28. The number of carboxylic acid groups (broad SMARTS) is 1. The lowest BCUT2D eigenvalue weighted by atomic mass is 9.82. The molecule has 1 aliphatic rings. The topological polar surface area (TPSA) is 97.5 Å². The number of carbonyl (C=O) groups is 3. The third kappa shape index (κ3) is 2.20. The molecule has 0 aromatic heterocycles. The molecule has 0 bridgehead atoms. The molecular formula is C14H13NO4. The van der Waals surface area contributed by atoms with E-state index in [1.165, 1.54) is 6.92 Å². The quantitative estimate of drug-likeness (QED) is 0.849. The lowest BCUT2D eigenvalue weighted by Crippen LogP contribution is -2.33. The highest BCUT2D eigenvalue weighted by atomic mass is 16.4. The average Bonchev–Trinajstić information content (AvgIpc) is 2.40. The zero-order valence-corrected chi connectivity index (χ0v) is 10.3. The third-order valence-electron chi connectivity index (χ3n) is 3.22. The summed E-state index contributed by atoms with van der Waals surface area (Å²) >= 11 is 0. The summed E-state index contributed by atoms with van der Waals surface area (Å²) in [6, 6.07) is 5.32. The minimum atomic E-state index is -1.19. The van der Waals surface area contributed by atoms with Gasteiger partial charge in [0.25, 0.3) is 0 Å². The summed E-state index contributed by atoms with van der Waals surface area (Å²) in [4.78, 5) is 35.2. The maximum atomic E-state index is 12.3. The molecule has 1 aliphatic carbocycles. The summed E-state index contributed by atoms with van der Waals surface area (Å²) in [6.07, 6.45) is -0.139. The first-order valence-electron chi connectivity index (χ1n) is 5.80. The molecule has 5 heteroatoms. The Morgan fingerprint density at radius 2 is 1.74 bits per heavy atom. The Labute approximate surface area is 109 Å². The van der Waals surface area contributed by atoms with E-state index in [0.717, 1.165) is 0 Å².